The Morgan fingerprint density at radius 3 is 2.28 bits per heavy atom. The van der Waals surface area contributed by atoms with Gasteiger partial charge in [-0.25, -0.2) is 14.6 Å². The van der Waals surface area contributed by atoms with Crippen molar-refractivity contribution in [2.24, 2.45) is 5.92 Å². The summed E-state index contributed by atoms with van der Waals surface area (Å²) < 4.78 is 6.64. The molecule has 1 N–H and O–H groups in total. The van der Waals surface area contributed by atoms with Crippen molar-refractivity contribution in [1.29, 1.82) is 0 Å². The molecule has 0 aromatic carbocycles. The van der Waals surface area contributed by atoms with Gasteiger partial charge in [0, 0.05) is 38.4 Å². The van der Waals surface area contributed by atoms with Crippen molar-refractivity contribution in [3.05, 3.63) is 38.2 Å². The molecule has 3 heterocycles. The Balaban J connectivity index is 1.93. The number of amides is 2. The highest BCUT2D eigenvalue weighted by molar-refractivity contribution is 6.05. The second-order valence-corrected chi connectivity index (χ2v) is 8.70. The third-order valence-electron chi connectivity index (χ3n) is 5.47. The van der Waals surface area contributed by atoms with Crippen molar-refractivity contribution in [1.82, 2.24) is 24.3 Å². The highest BCUT2D eigenvalue weighted by Crippen LogP contribution is 2.21. The van der Waals surface area contributed by atoms with Crippen LogP contribution in [0.15, 0.2) is 15.7 Å². The predicted octanol–water partition coefficient (Wildman–Crippen LogP) is 1.78. The van der Waals surface area contributed by atoms with Crippen molar-refractivity contribution in [3.63, 3.8) is 0 Å². The third kappa shape index (κ3) is 4.68. The number of hydrogen-bond donors (Lipinski definition) is 1. The number of hydrogen-bond acceptors (Lipinski definition) is 6. The van der Waals surface area contributed by atoms with Crippen LogP contribution in [0.3, 0.4) is 0 Å². The average Bonchev–Trinajstić information content (AvgIpc) is 2.76. The largest absolute Gasteiger partial charge is 0.449 e. The van der Waals surface area contributed by atoms with Crippen LogP contribution in [-0.2, 0) is 11.3 Å². The summed E-state index contributed by atoms with van der Waals surface area (Å²) in [5.74, 6) is -0.0740. The lowest BCUT2D eigenvalue weighted by atomic mass is 10.0. The van der Waals surface area contributed by atoms with Gasteiger partial charge in [-0.05, 0) is 24.8 Å². The Morgan fingerprint density at radius 2 is 1.72 bits per heavy atom. The molecule has 0 spiro atoms. The van der Waals surface area contributed by atoms with Crippen LogP contribution in [0.25, 0.3) is 11.0 Å². The highest BCUT2D eigenvalue weighted by atomic mass is 16.6. The van der Waals surface area contributed by atoms with E-state index < -0.39 is 11.2 Å². The van der Waals surface area contributed by atoms with Gasteiger partial charge in [0.1, 0.15) is 0 Å². The Labute approximate surface area is 186 Å². The maximum absolute atomic E-state index is 13.4. The number of fused-ring (bicyclic) bond motifs is 1. The average molecular weight is 446 g/mol. The molecule has 2 amide bonds. The molecule has 10 nitrogen and oxygen atoms in total. The predicted molar refractivity (Wildman–Crippen MR) is 120 cm³/mol. The fourth-order valence-electron chi connectivity index (χ4n) is 3.64. The van der Waals surface area contributed by atoms with Crippen molar-refractivity contribution < 1.29 is 14.3 Å². The van der Waals surface area contributed by atoms with E-state index in [0.717, 1.165) is 0 Å². The Kier molecular flexibility index (Phi) is 7.00. The fraction of sp³-hybridized carbons (Fsp3) is 0.591. The molecule has 2 aromatic rings. The van der Waals surface area contributed by atoms with Gasteiger partial charge in [0.15, 0.2) is 5.65 Å². The first-order chi connectivity index (χ1) is 15.1. The number of aryl methyl sites for hydroxylation is 1. The molecular formula is C22H31N5O5. The molecule has 32 heavy (non-hydrogen) atoms. The highest BCUT2D eigenvalue weighted by Gasteiger charge is 2.28. The van der Waals surface area contributed by atoms with E-state index in [0.29, 0.717) is 45.0 Å². The minimum absolute atomic E-state index is 0.00165. The Hall–Kier alpha value is -3.17. The maximum Gasteiger partial charge on any atom is 0.409 e. The number of nitrogens with one attached hydrogen (secondary N) is 1. The lowest BCUT2D eigenvalue weighted by molar-refractivity contribution is 0.0536. The van der Waals surface area contributed by atoms with E-state index in [9.17, 15) is 19.2 Å². The SMILES string of the molecule is CCn1c(=O)[nH]c(=O)c2c(C(=O)N3CCN(C(=O)OCC(C)C)CC3)cc(C(C)C)nc21. The minimum atomic E-state index is -0.628. The second kappa shape index (κ2) is 9.54. The van der Waals surface area contributed by atoms with Crippen LogP contribution >= 0.6 is 0 Å². The smallest absolute Gasteiger partial charge is 0.409 e. The van der Waals surface area contributed by atoms with Gasteiger partial charge in [-0.3, -0.25) is 19.1 Å². The van der Waals surface area contributed by atoms with E-state index >= 15 is 0 Å². The van der Waals surface area contributed by atoms with Gasteiger partial charge in [-0.15, -0.1) is 0 Å². The number of nitrogens with zero attached hydrogens (tertiary/aromatic N) is 4. The van der Waals surface area contributed by atoms with Gasteiger partial charge >= 0.3 is 11.8 Å². The van der Waals surface area contributed by atoms with E-state index in [1.807, 2.05) is 27.7 Å². The summed E-state index contributed by atoms with van der Waals surface area (Å²) in [5.41, 5.74) is -0.115. The summed E-state index contributed by atoms with van der Waals surface area (Å²) in [5, 5.41) is 0.111. The van der Waals surface area contributed by atoms with Crippen LogP contribution in [0.4, 0.5) is 4.79 Å². The summed E-state index contributed by atoms with van der Waals surface area (Å²) in [6.45, 7) is 11.6. The first-order valence-electron chi connectivity index (χ1n) is 11.0. The molecule has 1 aliphatic rings. The third-order valence-corrected chi connectivity index (χ3v) is 5.47. The van der Waals surface area contributed by atoms with E-state index in [2.05, 4.69) is 9.97 Å². The molecule has 2 aromatic heterocycles. The molecule has 0 radical (unpaired) electrons. The minimum Gasteiger partial charge on any atom is -0.449 e. The van der Waals surface area contributed by atoms with Gasteiger partial charge < -0.3 is 14.5 Å². The molecule has 174 valence electrons. The van der Waals surface area contributed by atoms with Crippen LogP contribution in [0, 0.1) is 5.92 Å². The quantitative estimate of drug-likeness (QED) is 0.750. The number of piperazine rings is 1. The molecule has 0 aliphatic carbocycles. The van der Waals surface area contributed by atoms with Gasteiger partial charge in [0.25, 0.3) is 11.5 Å². The van der Waals surface area contributed by atoms with E-state index in [4.69, 9.17) is 4.74 Å². The molecule has 1 saturated heterocycles. The molecular weight excluding hydrogens is 414 g/mol. The van der Waals surface area contributed by atoms with Gasteiger partial charge in [-0.2, -0.15) is 0 Å². The number of carbonyl (C=O) groups is 2. The van der Waals surface area contributed by atoms with Crippen LogP contribution in [0.1, 0.15) is 56.6 Å². The number of aromatic nitrogens is 3. The van der Waals surface area contributed by atoms with Crippen LogP contribution in [-0.4, -0.2) is 69.1 Å². The van der Waals surface area contributed by atoms with Gasteiger partial charge in [-0.1, -0.05) is 27.7 Å². The lowest BCUT2D eigenvalue weighted by Crippen LogP contribution is -2.51. The molecule has 0 unspecified atom stereocenters. The van der Waals surface area contributed by atoms with Crippen molar-refractivity contribution in [3.8, 4) is 0 Å². The molecule has 1 aliphatic heterocycles. The maximum atomic E-state index is 13.4. The molecule has 3 rings (SSSR count). The van der Waals surface area contributed by atoms with E-state index in [1.165, 1.54) is 4.57 Å². The summed E-state index contributed by atoms with van der Waals surface area (Å²) >= 11 is 0. The van der Waals surface area contributed by atoms with Crippen molar-refractivity contribution in [2.45, 2.75) is 47.1 Å². The molecule has 1 fully saturated rings. The van der Waals surface area contributed by atoms with Gasteiger partial charge in [0.05, 0.1) is 17.6 Å². The van der Waals surface area contributed by atoms with Crippen molar-refractivity contribution in [2.75, 3.05) is 32.8 Å². The Morgan fingerprint density at radius 1 is 1.09 bits per heavy atom. The standard InChI is InChI=1S/C22H31N5O5/c1-6-27-18-17(19(28)24-21(27)30)15(11-16(23-18)14(4)5)20(29)25-7-9-26(10-8-25)22(31)32-12-13(2)3/h11,13-14H,6-10,12H2,1-5H3,(H,24,28,30). The second-order valence-electron chi connectivity index (χ2n) is 8.70. The zero-order valence-corrected chi connectivity index (χ0v) is 19.3. The first kappa shape index (κ1) is 23.5. The van der Waals surface area contributed by atoms with Crippen LogP contribution < -0.4 is 11.2 Å². The number of aromatic amines is 1. The molecule has 0 atom stereocenters. The van der Waals surface area contributed by atoms with Crippen molar-refractivity contribution >= 4 is 23.0 Å². The zero-order chi connectivity index (χ0) is 23.6. The van der Waals surface area contributed by atoms with E-state index in [-0.39, 0.29) is 40.4 Å². The lowest BCUT2D eigenvalue weighted by Gasteiger charge is -2.34. The van der Waals surface area contributed by atoms with Gasteiger partial charge in [0.2, 0.25) is 0 Å². The fourth-order valence-corrected chi connectivity index (χ4v) is 3.64. The number of rotatable bonds is 5. The monoisotopic (exact) mass is 445 g/mol. The number of H-pyrrole nitrogens is 1. The number of carbonyl (C=O) groups excluding carboxylic acids is 2. The van der Waals surface area contributed by atoms with Crippen LogP contribution in [0.5, 0.6) is 0 Å². The molecule has 0 saturated carbocycles. The summed E-state index contributed by atoms with van der Waals surface area (Å²) in [6, 6.07) is 1.64. The normalized spacial score (nSPS) is 14.5. The summed E-state index contributed by atoms with van der Waals surface area (Å²) in [6.07, 6.45) is -0.384. The topological polar surface area (TPSA) is 118 Å². The summed E-state index contributed by atoms with van der Waals surface area (Å²) in [4.78, 5) is 60.6. The zero-order valence-electron chi connectivity index (χ0n) is 19.3. The van der Waals surface area contributed by atoms with Crippen LogP contribution in [0.2, 0.25) is 0 Å². The summed E-state index contributed by atoms with van der Waals surface area (Å²) in [7, 11) is 0. The van der Waals surface area contributed by atoms with E-state index in [1.54, 1.807) is 22.8 Å². The Bertz CT molecular complexity index is 1130. The number of pyridine rings is 1. The molecule has 0 bridgehead atoms. The first-order valence-corrected chi connectivity index (χ1v) is 11.0. The number of ether oxygens (including phenoxy) is 1. The molecule has 10 heteroatoms.